The molecule has 21 heavy (non-hydrogen) atoms. The number of aromatic carboxylic acids is 1. The molecule has 8 nitrogen and oxygen atoms in total. The highest BCUT2D eigenvalue weighted by Crippen LogP contribution is 2.17. The van der Waals surface area contributed by atoms with E-state index in [9.17, 15) is 14.0 Å². The number of urea groups is 1. The number of hydrogen-bond acceptors (Lipinski definition) is 4. The summed E-state index contributed by atoms with van der Waals surface area (Å²) in [5.41, 5.74) is -0.337. The Morgan fingerprint density at radius 2 is 2.19 bits per heavy atom. The monoisotopic (exact) mass is 293 g/mol. The summed E-state index contributed by atoms with van der Waals surface area (Å²) in [6.07, 6.45) is 1.48. The molecule has 110 valence electrons. The van der Waals surface area contributed by atoms with Crippen molar-refractivity contribution in [2.45, 2.75) is 6.54 Å². The van der Waals surface area contributed by atoms with Crippen molar-refractivity contribution in [3.63, 3.8) is 0 Å². The quantitative estimate of drug-likeness (QED) is 0.778. The van der Waals surface area contributed by atoms with Crippen molar-refractivity contribution in [2.24, 2.45) is 7.05 Å². The number of aryl methyl sites for hydroxylation is 1. The Morgan fingerprint density at radius 1 is 1.43 bits per heavy atom. The maximum absolute atomic E-state index is 13.1. The van der Waals surface area contributed by atoms with Crippen LogP contribution < -0.4 is 10.6 Å². The number of rotatable bonds is 4. The van der Waals surface area contributed by atoms with Gasteiger partial charge in [-0.1, -0.05) is 0 Å². The Balaban J connectivity index is 2.02. The van der Waals surface area contributed by atoms with E-state index >= 15 is 0 Å². The van der Waals surface area contributed by atoms with Crippen LogP contribution in [0.25, 0.3) is 0 Å². The van der Waals surface area contributed by atoms with Crippen molar-refractivity contribution in [3.05, 3.63) is 41.7 Å². The Morgan fingerprint density at radius 3 is 2.81 bits per heavy atom. The number of hydrogen-bond donors (Lipinski definition) is 3. The first-order chi connectivity index (χ1) is 9.95. The van der Waals surface area contributed by atoms with E-state index < -0.39 is 17.8 Å². The number of halogens is 1. The molecule has 0 saturated carbocycles. The second kappa shape index (κ2) is 5.99. The summed E-state index contributed by atoms with van der Waals surface area (Å²) < 4.78 is 14.6. The molecule has 0 aliphatic carbocycles. The van der Waals surface area contributed by atoms with E-state index in [0.29, 0.717) is 5.82 Å². The first-order valence-corrected chi connectivity index (χ1v) is 5.88. The Labute approximate surface area is 118 Å². The van der Waals surface area contributed by atoms with Crippen LogP contribution in [0.3, 0.4) is 0 Å². The standard InChI is InChI=1S/C12H12FN5O3/c1-18-6-15-10(17-18)5-14-12(21)16-9-4-7(13)2-3-8(9)11(19)20/h2-4,6H,5H2,1H3,(H,19,20)(H2,14,16,21). The van der Waals surface area contributed by atoms with E-state index in [2.05, 4.69) is 20.7 Å². The van der Waals surface area contributed by atoms with Gasteiger partial charge in [-0.05, 0) is 18.2 Å². The second-order valence-corrected chi connectivity index (χ2v) is 4.14. The lowest BCUT2D eigenvalue weighted by Gasteiger charge is -2.09. The molecular formula is C12H12FN5O3. The first kappa shape index (κ1) is 14.4. The van der Waals surface area contributed by atoms with Crippen molar-refractivity contribution >= 4 is 17.7 Å². The minimum atomic E-state index is -1.27. The van der Waals surface area contributed by atoms with Crippen LogP contribution in [0.15, 0.2) is 24.5 Å². The summed E-state index contributed by atoms with van der Waals surface area (Å²) in [6, 6.07) is 2.33. The topological polar surface area (TPSA) is 109 Å². The van der Waals surface area contributed by atoms with E-state index in [4.69, 9.17) is 5.11 Å². The van der Waals surface area contributed by atoms with Gasteiger partial charge in [0, 0.05) is 7.05 Å². The second-order valence-electron chi connectivity index (χ2n) is 4.14. The smallest absolute Gasteiger partial charge is 0.337 e. The summed E-state index contributed by atoms with van der Waals surface area (Å²) in [7, 11) is 1.68. The fourth-order valence-corrected chi connectivity index (χ4v) is 1.60. The summed E-state index contributed by atoms with van der Waals surface area (Å²) >= 11 is 0. The molecule has 0 atom stereocenters. The fraction of sp³-hybridized carbons (Fsp3) is 0.167. The minimum Gasteiger partial charge on any atom is -0.478 e. The normalized spacial score (nSPS) is 10.2. The van der Waals surface area contributed by atoms with Gasteiger partial charge < -0.3 is 15.7 Å². The zero-order valence-electron chi connectivity index (χ0n) is 11.0. The highest BCUT2D eigenvalue weighted by molar-refractivity contribution is 5.99. The van der Waals surface area contributed by atoms with Crippen LogP contribution in [0.4, 0.5) is 14.9 Å². The average molecular weight is 293 g/mol. The number of nitrogens with one attached hydrogen (secondary N) is 2. The zero-order valence-corrected chi connectivity index (χ0v) is 11.0. The molecular weight excluding hydrogens is 281 g/mol. The molecule has 0 fully saturated rings. The van der Waals surface area contributed by atoms with Gasteiger partial charge in [-0.25, -0.2) is 19.0 Å². The molecule has 0 radical (unpaired) electrons. The minimum absolute atomic E-state index is 0.0599. The maximum Gasteiger partial charge on any atom is 0.337 e. The van der Waals surface area contributed by atoms with Crippen LogP contribution in [0.2, 0.25) is 0 Å². The summed E-state index contributed by atoms with van der Waals surface area (Å²) in [6.45, 7) is 0.0599. The molecule has 1 aromatic carbocycles. The largest absolute Gasteiger partial charge is 0.478 e. The number of nitrogens with zero attached hydrogens (tertiary/aromatic N) is 3. The van der Waals surface area contributed by atoms with Crippen molar-refractivity contribution < 1.29 is 19.1 Å². The van der Waals surface area contributed by atoms with E-state index in [1.54, 1.807) is 7.05 Å². The van der Waals surface area contributed by atoms with Crippen LogP contribution in [-0.4, -0.2) is 31.9 Å². The van der Waals surface area contributed by atoms with E-state index in [1.165, 1.54) is 11.0 Å². The molecule has 2 aromatic rings. The lowest BCUT2D eigenvalue weighted by molar-refractivity contribution is 0.0698. The Kier molecular flexibility index (Phi) is 4.12. The van der Waals surface area contributed by atoms with Gasteiger partial charge in [-0.3, -0.25) is 4.68 Å². The highest BCUT2D eigenvalue weighted by Gasteiger charge is 2.13. The summed E-state index contributed by atoms with van der Waals surface area (Å²) in [5, 5.41) is 17.6. The molecule has 0 aliphatic rings. The van der Waals surface area contributed by atoms with Gasteiger partial charge in [0.1, 0.15) is 12.1 Å². The molecule has 2 amide bonds. The van der Waals surface area contributed by atoms with Crippen LogP contribution >= 0.6 is 0 Å². The molecule has 2 rings (SSSR count). The molecule has 0 unspecified atom stereocenters. The average Bonchev–Trinajstić information content (AvgIpc) is 2.82. The summed E-state index contributed by atoms with van der Waals surface area (Å²) in [4.78, 5) is 26.6. The van der Waals surface area contributed by atoms with Gasteiger partial charge in [-0.2, -0.15) is 5.10 Å². The number of carboxylic acids is 1. The number of carbonyl (C=O) groups is 2. The summed E-state index contributed by atoms with van der Waals surface area (Å²) in [5.74, 6) is -1.52. The van der Waals surface area contributed by atoms with E-state index in [1.807, 2.05) is 0 Å². The van der Waals surface area contributed by atoms with Gasteiger partial charge in [0.05, 0.1) is 17.8 Å². The maximum atomic E-state index is 13.1. The highest BCUT2D eigenvalue weighted by atomic mass is 19.1. The molecule has 9 heteroatoms. The molecule has 0 bridgehead atoms. The lowest BCUT2D eigenvalue weighted by Crippen LogP contribution is -2.29. The van der Waals surface area contributed by atoms with Gasteiger partial charge in [0.2, 0.25) is 0 Å². The predicted octanol–water partition coefficient (Wildman–Crippen LogP) is 0.974. The Hall–Kier alpha value is -2.97. The van der Waals surface area contributed by atoms with Crippen LogP contribution in [0.5, 0.6) is 0 Å². The predicted molar refractivity (Wildman–Crippen MR) is 70.2 cm³/mol. The SMILES string of the molecule is Cn1cnc(CNC(=O)Nc2cc(F)ccc2C(=O)O)n1. The Bertz CT molecular complexity index is 685. The van der Waals surface area contributed by atoms with Crippen LogP contribution in [-0.2, 0) is 13.6 Å². The van der Waals surface area contributed by atoms with Crippen LogP contribution in [0.1, 0.15) is 16.2 Å². The lowest BCUT2D eigenvalue weighted by atomic mass is 10.2. The number of amides is 2. The van der Waals surface area contributed by atoms with Gasteiger partial charge in [-0.15, -0.1) is 0 Å². The third kappa shape index (κ3) is 3.75. The molecule has 0 saturated heterocycles. The van der Waals surface area contributed by atoms with Crippen LogP contribution in [0, 0.1) is 5.82 Å². The van der Waals surface area contributed by atoms with Crippen molar-refractivity contribution in [1.29, 1.82) is 0 Å². The number of aromatic nitrogens is 3. The zero-order chi connectivity index (χ0) is 15.4. The van der Waals surface area contributed by atoms with Crippen molar-refractivity contribution in [1.82, 2.24) is 20.1 Å². The molecule has 1 heterocycles. The number of carboxylic acid groups (broad SMARTS) is 1. The third-order valence-electron chi connectivity index (χ3n) is 2.51. The number of benzene rings is 1. The number of carbonyl (C=O) groups excluding carboxylic acids is 1. The van der Waals surface area contributed by atoms with Gasteiger partial charge >= 0.3 is 12.0 Å². The fourth-order valence-electron chi connectivity index (χ4n) is 1.60. The van der Waals surface area contributed by atoms with Gasteiger partial charge in [0.15, 0.2) is 5.82 Å². The first-order valence-electron chi connectivity index (χ1n) is 5.88. The van der Waals surface area contributed by atoms with Gasteiger partial charge in [0.25, 0.3) is 0 Å². The molecule has 0 aliphatic heterocycles. The molecule has 3 N–H and O–H groups in total. The van der Waals surface area contributed by atoms with Crippen molar-refractivity contribution in [2.75, 3.05) is 5.32 Å². The van der Waals surface area contributed by atoms with E-state index in [-0.39, 0.29) is 17.8 Å². The van der Waals surface area contributed by atoms with E-state index in [0.717, 1.165) is 18.2 Å². The third-order valence-corrected chi connectivity index (χ3v) is 2.51. The number of anilines is 1. The molecule has 0 spiro atoms. The van der Waals surface area contributed by atoms with Crippen molar-refractivity contribution in [3.8, 4) is 0 Å². The molecule has 1 aromatic heterocycles.